The van der Waals surface area contributed by atoms with Gasteiger partial charge in [0.25, 0.3) is 0 Å². The Hall–Kier alpha value is -1.17. The van der Waals surface area contributed by atoms with E-state index in [1.807, 2.05) is 28.5 Å². The molecule has 21 heavy (non-hydrogen) atoms. The molecule has 2 fully saturated rings. The smallest absolute Gasteiger partial charge is 0.246 e. The Kier molecular flexibility index (Phi) is 4.42. The molecule has 0 N–H and O–H groups in total. The van der Waals surface area contributed by atoms with Gasteiger partial charge in [-0.15, -0.1) is 11.3 Å². The summed E-state index contributed by atoms with van der Waals surface area (Å²) in [7, 11) is 1.72. The summed E-state index contributed by atoms with van der Waals surface area (Å²) in [6.07, 6.45) is 6.64. The van der Waals surface area contributed by atoms with E-state index in [4.69, 9.17) is 9.47 Å². The van der Waals surface area contributed by atoms with E-state index in [2.05, 4.69) is 0 Å². The third-order valence-electron chi connectivity index (χ3n) is 4.29. The zero-order valence-electron chi connectivity index (χ0n) is 12.3. The van der Waals surface area contributed by atoms with Gasteiger partial charge in [0.1, 0.15) is 0 Å². The molecular formula is C16H21NO3S. The normalized spacial score (nSPS) is 29.6. The van der Waals surface area contributed by atoms with E-state index in [1.54, 1.807) is 24.5 Å². The van der Waals surface area contributed by atoms with Crippen molar-refractivity contribution in [1.29, 1.82) is 0 Å². The topological polar surface area (TPSA) is 38.8 Å². The van der Waals surface area contributed by atoms with Crippen LogP contribution in [0, 0.1) is 0 Å². The standard InChI is InChI=1S/C16H21NO3S/c1-19-13-10-16(20-11-13)7-3-8-17(12-16)15(18)6-5-14-4-2-9-21-14/h2,4-6,9,13H,3,7-8,10-12H2,1H3/b6-5+/t13-,16+/m1/s1. The van der Waals surface area contributed by atoms with Gasteiger partial charge in [0.2, 0.25) is 5.91 Å². The second-order valence-electron chi connectivity index (χ2n) is 5.77. The van der Waals surface area contributed by atoms with Gasteiger partial charge in [-0.3, -0.25) is 4.79 Å². The second kappa shape index (κ2) is 6.30. The molecule has 3 rings (SSSR count). The molecule has 114 valence electrons. The number of nitrogens with zero attached hydrogens (tertiary/aromatic N) is 1. The van der Waals surface area contributed by atoms with Gasteiger partial charge in [-0.25, -0.2) is 0 Å². The van der Waals surface area contributed by atoms with E-state index < -0.39 is 0 Å². The number of ether oxygens (including phenoxy) is 2. The number of carbonyl (C=O) groups excluding carboxylic acids is 1. The third-order valence-corrected chi connectivity index (χ3v) is 5.13. The first-order chi connectivity index (χ1) is 10.2. The van der Waals surface area contributed by atoms with Gasteiger partial charge < -0.3 is 14.4 Å². The van der Waals surface area contributed by atoms with E-state index >= 15 is 0 Å². The molecule has 0 bridgehead atoms. The zero-order valence-corrected chi connectivity index (χ0v) is 13.1. The zero-order chi connectivity index (χ0) is 14.7. The minimum absolute atomic E-state index is 0.0759. The Bertz CT molecular complexity index is 514. The summed E-state index contributed by atoms with van der Waals surface area (Å²) < 4.78 is 11.4. The van der Waals surface area contributed by atoms with E-state index in [0.717, 1.165) is 30.7 Å². The van der Waals surface area contributed by atoms with E-state index in [0.29, 0.717) is 13.2 Å². The molecule has 1 spiro atoms. The number of amides is 1. The highest BCUT2D eigenvalue weighted by atomic mass is 32.1. The summed E-state index contributed by atoms with van der Waals surface area (Å²) in [5.74, 6) is 0.0759. The molecule has 2 atom stereocenters. The molecule has 3 heterocycles. The van der Waals surface area contributed by atoms with Gasteiger partial charge in [0, 0.05) is 31.0 Å². The summed E-state index contributed by atoms with van der Waals surface area (Å²) in [6.45, 7) is 2.14. The Morgan fingerprint density at radius 2 is 2.52 bits per heavy atom. The number of hydrogen-bond donors (Lipinski definition) is 0. The number of hydrogen-bond acceptors (Lipinski definition) is 4. The fourth-order valence-electron chi connectivity index (χ4n) is 3.17. The predicted octanol–water partition coefficient (Wildman–Crippen LogP) is 2.56. The van der Waals surface area contributed by atoms with Crippen LogP contribution in [0.1, 0.15) is 24.1 Å². The van der Waals surface area contributed by atoms with Gasteiger partial charge >= 0.3 is 0 Å². The van der Waals surface area contributed by atoms with Crippen molar-refractivity contribution in [3.8, 4) is 0 Å². The predicted molar refractivity (Wildman–Crippen MR) is 83.3 cm³/mol. The maximum absolute atomic E-state index is 12.3. The maximum Gasteiger partial charge on any atom is 0.246 e. The minimum Gasteiger partial charge on any atom is -0.379 e. The van der Waals surface area contributed by atoms with Crippen molar-refractivity contribution in [2.45, 2.75) is 31.0 Å². The molecule has 1 amide bonds. The molecule has 0 saturated carbocycles. The molecule has 0 aromatic carbocycles. The highest BCUT2D eigenvalue weighted by Gasteiger charge is 2.44. The number of thiophene rings is 1. The van der Waals surface area contributed by atoms with Gasteiger partial charge in [0.15, 0.2) is 0 Å². The molecular weight excluding hydrogens is 286 g/mol. The molecule has 2 aliphatic heterocycles. The fraction of sp³-hybridized carbons (Fsp3) is 0.562. The molecule has 0 unspecified atom stereocenters. The van der Waals surface area contributed by atoms with Crippen LogP contribution < -0.4 is 0 Å². The first-order valence-corrected chi connectivity index (χ1v) is 8.26. The summed E-state index contributed by atoms with van der Waals surface area (Å²) in [4.78, 5) is 15.4. The SMILES string of the molecule is CO[C@H]1CO[C@@]2(CCCN(C(=O)/C=C/c3cccs3)C2)C1. The molecule has 1 aromatic heterocycles. The molecule has 5 heteroatoms. The Balaban J connectivity index is 1.62. The first kappa shape index (κ1) is 14.8. The van der Waals surface area contributed by atoms with Crippen molar-refractivity contribution in [3.05, 3.63) is 28.5 Å². The Labute approximate surface area is 129 Å². The molecule has 0 aliphatic carbocycles. The first-order valence-electron chi connectivity index (χ1n) is 7.38. The lowest BCUT2D eigenvalue weighted by atomic mass is 9.89. The van der Waals surface area contributed by atoms with Crippen molar-refractivity contribution in [3.63, 3.8) is 0 Å². The van der Waals surface area contributed by atoms with Crippen LogP contribution in [0.3, 0.4) is 0 Å². The third kappa shape index (κ3) is 3.36. The summed E-state index contributed by atoms with van der Waals surface area (Å²) in [5.41, 5.74) is -0.189. The highest BCUT2D eigenvalue weighted by molar-refractivity contribution is 7.10. The van der Waals surface area contributed by atoms with E-state index in [1.165, 1.54) is 0 Å². The molecule has 2 aliphatic rings. The van der Waals surface area contributed by atoms with Crippen molar-refractivity contribution in [2.75, 3.05) is 26.8 Å². The lowest BCUT2D eigenvalue weighted by molar-refractivity contribution is -0.133. The van der Waals surface area contributed by atoms with Crippen molar-refractivity contribution in [1.82, 2.24) is 4.90 Å². The molecule has 4 nitrogen and oxygen atoms in total. The Morgan fingerprint density at radius 3 is 3.24 bits per heavy atom. The van der Waals surface area contributed by atoms with Crippen LogP contribution in [0.25, 0.3) is 6.08 Å². The monoisotopic (exact) mass is 307 g/mol. The summed E-state index contributed by atoms with van der Waals surface area (Å²) >= 11 is 1.63. The largest absolute Gasteiger partial charge is 0.379 e. The average molecular weight is 307 g/mol. The number of carbonyl (C=O) groups is 1. The number of likely N-dealkylation sites (tertiary alicyclic amines) is 1. The highest BCUT2D eigenvalue weighted by Crippen LogP contribution is 2.35. The quantitative estimate of drug-likeness (QED) is 0.806. The van der Waals surface area contributed by atoms with Crippen molar-refractivity contribution in [2.24, 2.45) is 0 Å². The van der Waals surface area contributed by atoms with Crippen molar-refractivity contribution >= 4 is 23.3 Å². The minimum atomic E-state index is -0.189. The number of methoxy groups -OCH3 is 1. The molecule has 0 radical (unpaired) electrons. The Morgan fingerprint density at radius 1 is 1.62 bits per heavy atom. The summed E-state index contributed by atoms with van der Waals surface area (Å²) in [5, 5.41) is 2.01. The van der Waals surface area contributed by atoms with Crippen LogP contribution in [0.2, 0.25) is 0 Å². The number of rotatable bonds is 3. The van der Waals surface area contributed by atoms with Gasteiger partial charge in [0.05, 0.1) is 24.9 Å². The van der Waals surface area contributed by atoms with Crippen LogP contribution in [0.15, 0.2) is 23.6 Å². The van der Waals surface area contributed by atoms with E-state index in [-0.39, 0.29) is 17.6 Å². The summed E-state index contributed by atoms with van der Waals surface area (Å²) in [6, 6.07) is 4.00. The van der Waals surface area contributed by atoms with Crippen LogP contribution in [-0.4, -0.2) is 49.3 Å². The van der Waals surface area contributed by atoms with Gasteiger partial charge in [-0.05, 0) is 30.4 Å². The van der Waals surface area contributed by atoms with Gasteiger partial charge in [-0.1, -0.05) is 6.07 Å². The lowest BCUT2D eigenvalue weighted by Crippen LogP contribution is -2.49. The molecule has 1 aromatic rings. The number of piperidine rings is 1. The van der Waals surface area contributed by atoms with Crippen molar-refractivity contribution < 1.29 is 14.3 Å². The second-order valence-corrected chi connectivity index (χ2v) is 6.75. The molecule has 2 saturated heterocycles. The average Bonchev–Trinajstić information content (AvgIpc) is 3.15. The van der Waals surface area contributed by atoms with Crippen LogP contribution >= 0.6 is 11.3 Å². The lowest BCUT2D eigenvalue weighted by Gasteiger charge is -2.39. The van der Waals surface area contributed by atoms with Crippen LogP contribution in [-0.2, 0) is 14.3 Å². The van der Waals surface area contributed by atoms with Crippen LogP contribution in [0.4, 0.5) is 0 Å². The van der Waals surface area contributed by atoms with Crippen LogP contribution in [0.5, 0.6) is 0 Å². The van der Waals surface area contributed by atoms with E-state index in [9.17, 15) is 4.79 Å². The van der Waals surface area contributed by atoms with Gasteiger partial charge in [-0.2, -0.15) is 0 Å². The fourth-order valence-corrected chi connectivity index (χ4v) is 3.79. The maximum atomic E-state index is 12.3.